The van der Waals surface area contributed by atoms with Crippen molar-refractivity contribution in [2.45, 2.75) is 31.7 Å². The molecule has 0 saturated carbocycles. The van der Waals surface area contributed by atoms with Crippen molar-refractivity contribution in [3.8, 4) is 17.0 Å². The molecule has 1 aromatic heterocycles. The van der Waals surface area contributed by atoms with Crippen LogP contribution in [0.1, 0.15) is 17.8 Å². The van der Waals surface area contributed by atoms with Crippen molar-refractivity contribution in [2.24, 2.45) is 0 Å². The first-order chi connectivity index (χ1) is 14.1. The molecular formula is C23H24FN3O2. The molecule has 2 aromatic carbocycles. The Balaban J connectivity index is 1.36. The summed E-state index contributed by atoms with van der Waals surface area (Å²) in [4.78, 5) is 6.93. The Morgan fingerprint density at radius 3 is 2.93 bits per heavy atom. The van der Waals surface area contributed by atoms with E-state index in [0.29, 0.717) is 6.61 Å². The van der Waals surface area contributed by atoms with E-state index in [1.807, 2.05) is 30.5 Å². The van der Waals surface area contributed by atoms with E-state index in [1.54, 1.807) is 19.2 Å². The van der Waals surface area contributed by atoms with Crippen LogP contribution in [0.15, 0.2) is 54.7 Å². The molecule has 3 aromatic rings. The monoisotopic (exact) mass is 393 g/mol. The first-order valence-corrected chi connectivity index (χ1v) is 9.94. The van der Waals surface area contributed by atoms with Gasteiger partial charge in [-0.05, 0) is 36.2 Å². The zero-order valence-electron chi connectivity index (χ0n) is 16.5. The molecule has 0 bridgehead atoms. The number of halogens is 1. The van der Waals surface area contributed by atoms with Crippen LogP contribution in [0.25, 0.3) is 11.3 Å². The molecular weight excluding hydrogens is 369 g/mol. The topological polar surface area (TPSA) is 39.5 Å². The highest BCUT2D eigenvalue weighted by molar-refractivity contribution is 5.61. The van der Waals surface area contributed by atoms with E-state index in [2.05, 4.69) is 20.5 Å². The van der Waals surface area contributed by atoms with E-state index >= 15 is 0 Å². The number of likely N-dealkylation sites (tertiary alicyclic amines) is 1. The Morgan fingerprint density at radius 2 is 2.07 bits per heavy atom. The standard InChI is InChI=1S/C23H24FN3O2/c1-28-20-7-3-5-18(11-20)21-12-25-22-14-29-23(16-27(21)22)8-9-26(15-23)13-17-4-2-6-19(24)10-17/h2-7,10-12H,8-9,13-16H2,1H3. The summed E-state index contributed by atoms with van der Waals surface area (Å²) in [6, 6.07) is 14.9. The van der Waals surface area contributed by atoms with Crippen molar-refractivity contribution in [3.05, 3.63) is 71.9 Å². The lowest BCUT2D eigenvalue weighted by Crippen LogP contribution is -2.44. The van der Waals surface area contributed by atoms with E-state index in [9.17, 15) is 4.39 Å². The van der Waals surface area contributed by atoms with Crippen LogP contribution >= 0.6 is 0 Å². The second-order valence-corrected chi connectivity index (χ2v) is 7.94. The van der Waals surface area contributed by atoms with Crippen LogP contribution in [0, 0.1) is 5.82 Å². The van der Waals surface area contributed by atoms with Crippen molar-refractivity contribution in [2.75, 3.05) is 20.2 Å². The van der Waals surface area contributed by atoms with Gasteiger partial charge in [-0.1, -0.05) is 24.3 Å². The zero-order valence-corrected chi connectivity index (χ0v) is 16.5. The molecule has 5 nitrogen and oxygen atoms in total. The average molecular weight is 393 g/mol. The maximum absolute atomic E-state index is 13.5. The van der Waals surface area contributed by atoms with Gasteiger partial charge in [0.1, 0.15) is 29.6 Å². The molecule has 1 spiro atoms. The van der Waals surface area contributed by atoms with Gasteiger partial charge in [0.05, 0.1) is 25.5 Å². The van der Waals surface area contributed by atoms with E-state index in [-0.39, 0.29) is 11.4 Å². The molecule has 1 atom stereocenters. The van der Waals surface area contributed by atoms with Gasteiger partial charge in [-0.25, -0.2) is 9.37 Å². The minimum atomic E-state index is -0.228. The summed E-state index contributed by atoms with van der Waals surface area (Å²) in [7, 11) is 1.68. The number of imidazole rings is 1. The van der Waals surface area contributed by atoms with E-state index in [1.165, 1.54) is 6.07 Å². The number of ether oxygens (including phenoxy) is 2. The molecule has 0 radical (unpaired) electrons. The third-order valence-corrected chi connectivity index (χ3v) is 5.95. The lowest BCUT2D eigenvalue weighted by molar-refractivity contribution is -0.0821. The van der Waals surface area contributed by atoms with Gasteiger partial charge in [-0.15, -0.1) is 0 Å². The lowest BCUT2D eigenvalue weighted by Gasteiger charge is -2.35. The third-order valence-electron chi connectivity index (χ3n) is 5.95. The van der Waals surface area contributed by atoms with Crippen LogP contribution in [0.5, 0.6) is 5.75 Å². The summed E-state index contributed by atoms with van der Waals surface area (Å²) in [6.45, 7) is 3.79. The van der Waals surface area contributed by atoms with Gasteiger partial charge in [0.2, 0.25) is 0 Å². The minimum Gasteiger partial charge on any atom is -0.497 e. The first-order valence-electron chi connectivity index (χ1n) is 9.94. The normalized spacial score (nSPS) is 21.4. The largest absolute Gasteiger partial charge is 0.497 e. The molecule has 150 valence electrons. The molecule has 0 aliphatic carbocycles. The van der Waals surface area contributed by atoms with Crippen molar-refractivity contribution < 1.29 is 13.9 Å². The number of methoxy groups -OCH3 is 1. The molecule has 0 amide bonds. The van der Waals surface area contributed by atoms with Gasteiger partial charge in [-0.2, -0.15) is 0 Å². The van der Waals surface area contributed by atoms with Gasteiger partial charge in [0, 0.05) is 25.2 Å². The Bertz CT molecular complexity index is 1030. The molecule has 5 rings (SSSR count). The summed E-state index contributed by atoms with van der Waals surface area (Å²) in [5.74, 6) is 1.61. The van der Waals surface area contributed by atoms with E-state index < -0.39 is 0 Å². The molecule has 1 unspecified atom stereocenters. The number of aromatic nitrogens is 2. The summed E-state index contributed by atoms with van der Waals surface area (Å²) in [6.07, 6.45) is 2.88. The molecule has 2 aliphatic heterocycles. The first kappa shape index (κ1) is 18.3. The summed E-state index contributed by atoms with van der Waals surface area (Å²) < 4.78 is 27.5. The van der Waals surface area contributed by atoms with Crippen LogP contribution in [0.4, 0.5) is 4.39 Å². The molecule has 3 heterocycles. The average Bonchev–Trinajstić information content (AvgIpc) is 3.32. The predicted molar refractivity (Wildman–Crippen MR) is 108 cm³/mol. The fourth-order valence-corrected chi connectivity index (χ4v) is 4.47. The fourth-order valence-electron chi connectivity index (χ4n) is 4.47. The Morgan fingerprint density at radius 1 is 1.17 bits per heavy atom. The highest BCUT2D eigenvalue weighted by atomic mass is 19.1. The highest BCUT2D eigenvalue weighted by Crippen LogP contribution is 2.36. The molecule has 1 saturated heterocycles. The van der Waals surface area contributed by atoms with Crippen LogP contribution in [-0.4, -0.2) is 40.3 Å². The van der Waals surface area contributed by atoms with E-state index in [0.717, 1.165) is 61.0 Å². The van der Waals surface area contributed by atoms with Crippen LogP contribution in [0.2, 0.25) is 0 Å². The van der Waals surface area contributed by atoms with Gasteiger partial charge in [0.25, 0.3) is 0 Å². The molecule has 1 fully saturated rings. The Hall–Kier alpha value is -2.70. The predicted octanol–water partition coefficient (Wildman–Crippen LogP) is 3.87. The maximum Gasteiger partial charge on any atom is 0.135 e. The Kier molecular flexibility index (Phi) is 4.60. The smallest absolute Gasteiger partial charge is 0.135 e. The van der Waals surface area contributed by atoms with Crippen molar-refractivity contribution >= 4 is 0 Å². The van der Waals surface area contributed by atoms with Gasteiger partial charge < -0.3 is 14.0 Å². The number of benzene rings is 2. The zero-order chi connectivity index (χ0) is 19.8. The summed E-state index contributed by atoms with van der Waals surface area (Å²) in [5.41, 5.74) is 2.95. The lowest BCUT2D eigenvalue weighted by atomic mass is 10.0. The Labute approximate surface area is 169 Å². The number of rotatable bonds is 4. The number of fused-ring (bicyclic) bond motifs is 1. The maximum atomic E-state index is 13.5. The number of hydrogen-bond donors (Lipinski definition) is 0. The quantitative estimate of drug-likeness (QED) is 0.675. The molecule has 2 aliphatic rings. The van der Waals surface area contributed by atoms with Gasteiger partial charge in [-0.3, -0.25) is 4.90 Å². The molecule has 29 heavy (non-hydrogen) atoms. The summed E-state index contributed by atoms with van der Waals surface area (Å²) in [5, 5.41) is 0. The second-order valence-electron chi connectivity index (χ2n) is 7.94. The minimum absolute atomic E-state index is 0.184. The summed E-state index contributed by atoms with van der Waals surface area (Å²) >= 11 is 0. The molecule has 6 heteroatoms. The molecule has 0 N–H and O–H groups in total. The highest BCUT2D eigenvalue weighted by Gasteiger charge is 2.43. The van der Waals surface area contributed by atoms with Gasteiger partial charge >= 0.3 is 0 Å². The van der Waals surface area contributed by atoms with Crippen molar-refractivity contribution in [1.29, 1.82) is 0 Å². The number of hydrogen-bond acceptors (Lipinski definition) is 4. The van der Waals surface area contributed by atoms with Crippen molar-refractivity contribution in [1.82, 2.24) is 14.5 Å². The second kappa shape index (κ2) is 7.28. The third kappa shape index (κ3) is 3.54. The van der Waals surface area contributed by atoms with Crippen LogP contribution in [0.3, 0.4) is 0 Å². The number of nitrogens with zero attached hydrogens (tertiary/aromatic N) is 3. The SMILES string of the molecule is COc1cccc(-c2cnc3n2CC2(CCN(Cc4cccc(F)c4)C2)OC3)c1. The van der Waals surface area contributed by atoms with Crippen LogP contribution in [-0.2, 0) is 24.4 Å². The fraction of sp³-hybridized carbons (Fsp3) is 0.348. The van der Waals surface area contributed by atoms with Crippen molar-refractivity contribution in [3.63, 3.8) is 0 Å². The van der Waals surface area contributed by atoms with Gasteiger partial charge in [0.15, 0.2) is 0 Å². The van der Waals surface area contributed by atoms with Crippen LogP contribution < -0.4 is 4.74 Å². The van der Waals surface area contributed by atoms with E-state index in [4.69, 9.17) is 9.47 Å².